The second-order valence-electron chi connectivity index (χ2n) is 10.1. The van der Waals surface area contributed by atoms with E-state index >= 15 is 0 Å². The van der Waals surface area contributed by atoms with Crippen LogP contribution >= 0.6 is 0 Å². The fourth-order valence-corrected chi connectivity index (χ4v) is 4.04. The summed E-state index contributed by atoms with van der Waals surface area (Å²) in [5, 5.41) is 9.21. The first kappa shape index (κ1) is 33.5. The van der Waals surface area contributed by atoms with Gasteiger partial charge in [0.25, 0.3) is 5.91 Å². The van der Waals surface area contributed by atoms with E-state index in [2.05, 4.69) is 26.0 Å². The third kappa shape index (κ3) is 8.08. The topological polar surface area (TPSA) is 259 Å². The number of nitriles is 1. The molecule has 0 radical (unpaired) electrons. The van der Waals surface area contributed by atoms with Crippen molar-refractivity contribution in [2.24, 2.45) is 5.73 Å². The first-order valence-electron chi connectivity index (χ1n) is 13.5. The zero-order valence-corrected chi connectivity index (χ0v) is 25.8. The molecule has 0 saturated heterocycles. The highest BCUT2D eigenvalue weighted by atomic mass is 16.5. The fraction of sp³-hybridized carbons (Fsp3) is 0.267. The number of carbonyl (C=O) groups is 1. The van der Waals surface area contributed by atoms with E-state index in [1.165, 1.54) is 32.7 Å². The lowest BCUT2D eigenvalue weighted by molar-refractivity contribution is 0.0997. The molecule has 0 saturated carbocycles. The minimum atomic E-state index is -0.622. The molecule has 236 valence electrons. The van der Waals surface area contributed by atoms with E-state index in [1.54, 1.807) is 18.2 Å². The number of aromatic nitrogens is 4. The Balaban J connectivity index is 0.000000246. The molecule has 4 rings (SSSR count). The number of hydrogen-bond donors (Lipinski definition) is 5. The molecule has 0 fully saturated rings. The maximum atomic E-state index is 11.6. The minimum absolute atomic E-state index is 0.0477. The molecule has 0 aliphatic heterocycles. The summed E-state index contributed by atoms with van der Waals surface area (Å²) in [4.78, 5) is 27.0. The first-order valence-corrected chi connectivity index (χ1v) is 13.5. The van der Waals surface area contributed by atoms with Gasteiger partial charge < -0.3 is 47.6 Å². The molecular weight excluding hydrogens is 580 g/mol. The quantitative estimate of drug-likeness (QED) is 0.177. The average molecular weight is 617 g/mol. The molecule has 2 heterocycles. The molecule has 45 heavy (non-hydrogen) atoms. The third-order valence-corrected chi connectivity index (χ3v) is 6.34. The number of ether oxygens (including phenoxy) is 4. The van der Waals surface area contributed by atoms with Crippen LogP contribution in [0.2, 0.25) is 0 Å². The van der Waals surface area contributed by atoms with Gasteiger partial charge in [-0.2, -0.15) is 15.2 Å². The van der Waals surface area contributed by atoms with Gasteiger partial charge in [0.2, 0.25) is 11.9 Å². The van der Waals surface area contributed by atoms with Crippen molar-refractivity contribution in [3.63, 3.8) is 0 Å². The lowest BCUT2D eigenvalue weighted by Gasteiger charge is -2.17. The number of nitrogens with two attached hydrogens (primary N) is 5. The number of carbonyl (C=O) groups excluding carboxylic acids is 1. The minimum Gasteiger partial charge on any atom is -0.496 e. The molecule has 15 nitrogen and oxygen atoms in total. The molecule has 0 aliphatic carbocycles. The highest BCUT2D eigenvalue weighted by Gasteiger charge is 2.19. The summed E-state index contributed by atoms with van der Waals surface area (Å²) in [5.41, 5.74) is 30.2. The van der Waals surface area contributed by atoms with E-state index in [9.17, 15) is 10.1 Å². The van der Waals surface area contributed by atoms with Crippen LogP contribution in [0, 0.1) is 11.3 Å². The van der Waals surface area contributed by atoms with Crippen LogP contribution in [0.5, 0.6) is 34.5 Å². The van der Waals surface area contributed by atoms with Gasteiger partial charge in [-0.15, -0.1) is 0 Å². The van der Waals surface area contributed by atoms with Gasteiger partial charge in [0.05, 0.1) is 37.7 Å². The van der Waals surface area contributed by atoms with E-state index in [0.29, 0.717) is 28.6 Å². The Kier molecular flexibility index (Phi) is 10.7. The van der Waals surface area contributed by atoms with Crippen LogP contribution < -0.4 is 47.6 Å². The molecule has 0 bridgehead atoms. The van der Waals surface area contributed by atoms with Crippen LogP contribution in [0.3, 0.4) is 0 Å². The highest BCUT2D eigenvalue weighted by molar-refractivity contribution is 5.96. The summed E-state index contributed by atoms with van der Waals surface area (Å²) in [6.07, 6.45) is 2.77. The molecule has 0 aliphatic rings. The lowest BCUT2D eigenvalue weighted by atomic mass is 9.99. The van der Waals surface area contributed by atoms with Crippen molar-refractivity contribution in [2.45, 2.75) is 39.5 Å². The predicted octanol–water partition coefficient (Wildman–Crippen LogP) is 4.10. The molecule has 0 spiro atoms. The molecule has 2 aromatic heterocycles. The molecule has 4 aromatic rings. The normalized spacial score (nSPS) is 10.5. The number of benzene rings is 2. The number of nitrogens with zero attached hydrogens (tertiary/aromatic N) is 5. The summed E-state index contributed by atoms with van der Waals surface area (Å²) in [6, 6.07) is 8.71. The molecular formula is C30H36N10O5. The molecule has 10 N–H and O–H groups in total. The van der Waals surface area contributed by atoms with Gasteiger partial charge in [0, 0.05) is 17.2 Å². The molecule has 15 heteroatoms. The number of amides is 1. The van der Waals surface area contributed by atoms with E-state index < -0.39 is 5.91 Å². The Labute approximate surface area is 260 Å². The lowest BCUT2D eigenvalue weighted by Crippen LogP contribution is -2.13. The zero-order valence-electron chi connectivity index (χ0n) is 25.8. The maximum Gasteiger partial charge on any atom is 0.252 e. The van der Waals surface area contributed by atoms with Crippen molar-refractivity contribution < 1.29 is 23.7 Å². The average Bonchev–Trinajstić information content (AvgIpc) is 2.99. The highest BCUT2D eigenvalue weighted by Crippen LogP contribution is 2.38. The Morgan fingerprint density at radius 1 is 0.711 bits per heavy atom. The van der Waals surface area contributed by atoms with Crippen LogP contribution in [-0.4, -0.2) is 40.1 Å². The second kappa shape index (κ2) is 14.4. The van der Waals surface area contributed by atoms with E-state index in [0.717, 1.165) is 11.1 Å². The summed E-state index contributed by atoms with van der Waals surface area (Å²) < 4.78 is 22.0. The maximum absolute atomic E-state index is 11.6. The van der Waals surface area contributed by atoms with E-state index in [-0.39, 0.29) is 52.4 Å². The summed E-state index contributed by atoms with van der Waals surface area (Å²) in [5.74, 6) is 2.34. The number of hydrogen-bond acceptors (Lipinski definition) is 14. The van der Waals surface area contributed by atoms with Crippen molar-refractivity contribution in [3.05, 3.63) is 58.9 Å². The SMILES string of the molecule is COc1cc(C(C)C)c(Oc2cnc(N)nc2N)cc1C#N.COc1cc(C(C)C)c(Oc2cnc(N)nc2N)cc1C(N)=O. The van der Waals surface area contributed by atoms with Gasteiger partial charge in [-0.25, -0.2) is 9.97 Å². The van der Waals surface area contributed by atoms with Gasteiger partial charge in [-0.05, 0) is 30.0 Å². The van der Waals surface area contributed by atoms with Crippen LogP contribution in [0.4, 0.5) is 23.5 Å². The van der Waals surface area contributed by atoms with Crippen LogP contribution in [-0.2, 0) is 0 Å². The van der Waals surface area contributed by atoms with Crippen molar-refractivity contribution in [2.75, 3.05) is 37.2 Å². The Morgan fingerprint density at radius 3 is 1.53 bits per heavy atom. The predicted molar refractivity (Wildman–Crippen MR) is 169 cm³/mol. The third-order valence-electron chi connectivity index (χ3n) is 6.34. The largest absolute Gasteiger partial charge is 0.496 e. The molecule has 0 unspecified atom stereocenters. The second-order valence-corrected chi connectivity index (χ2v) is 10.1. The Hall–Kier alpha value is -6.04. The summed E-state index contributed by atoms with van der Waals surface area (Å²) in [7, 11) is 2.99. The molecule has 0 atom stereocenters. The van der Waals surface area contributed by atoms with E-state index in [1.807, 2.05) is 27.7 Å². The molecule has 1 amide bonds. The van der Waals surface area contributed by atoms with Gasteiger partial charge in [-0.3, -0.25) is 4.79 Å². The monoisotopic (exact) mass is 616 g/mol. The zero-order chi connectivity index (χ0) is 33.4. The van der Waals surface area contributed by atoms with Crippen LogP contribution in [0.1, 0.15) is 66.6 Å². The van der Waals surface area contributed by atoms with Gasteiger partial charge >= 0.3 is 0 Å². The standard InChI is InChI=1S/C15H19N5O3.C15H17N5O2/c1-7(2)8-4-10(22-3)9(14(17)21)5-11(8)23-12-6-19-15(18)20-13(12)16;1-8(2)10-5-11(21-3)9(6-16)4-12(10)22-13-7-19-15(18)20-14(13)17/h4-7H,1-3H3,(H2,17,21)(H4,16,18,19,20);4-5,7-8H,1-3H3,(H4,17,18,19,20). The van der Waals surface area contributed by atoms with Gasteiger partial charge in [0.15, 0.2) is 23.1 Å². The van der Waals surface area contributed by atoms with Crippen molar-refractivity contribution in [3.8, 4) is 40.6 Å². The number of nitrogen functional groups attached to an aromatic ring is 4. The van der Waals surface area contributed by atoms with Gasteiger partial charge in [0.1, 0.15) is 29.1 Å². The number of methoxy groups -OCH3 is 2. The first-order chi connectivity index (χ1) is 21.3. The van der Waals surface area contributed by atoms with Gasteiger partial charge in [-0.1, -0.05) is 27.7 Å². The fourth-order valence-electron chi connectivity index (χ4n) is 4.04. The van der Waals surface area contributed by atoms with Crippen LogP contribution in [0.25, 0.3) is 0 Å². The van der Waals surface area contributed by atoms with Crippen molar-refractivity contribution in [1.29, 1.82) is 5.26 Å². The van der Waals surface area contributed by atoms with Crippen molar-refractivity contribution in [1.82, 2.24) is 19.9 Å². The summed E-state index contributed by atoms with van der Waals surface area (Å²) >= 11 is 0. The van der Waals surface area contributed by atoms with Crippen molar-refractivity contribution >= 4 is 29.4 Å². The number of anilines is 4. The number of primary amides is 1. The van der Waals surface area contributed by atoms with Crippen LogP contribution in [0.15, 0.2) is 36.7 Å². The number of rotatable bonds is 9. The summed E-state index contributed by atoms with van der Waals surface area (Å²) in [6.45, 7) is 7.98. The molecule has 2 aromatic carbocycles. The Bertz CT molecular complexity index is 1740. The smallest absolute Gasteiger partial charge is 0.252 e. The van der Waals surface area contributed by atoms with E-state index in [4.69, 9.17) is 47.6 Å². The Morgan fingerprint density at radius 2 is 1.16 bits per heavy atom.